The van der Waals surface area contributed by atoms with E-state index < -0.39 is 0 Å². The van der Waals surface area contributed by atoms with Crippen LogP contribution in [0.15, 0.2) is 18.2 Å². The van der Waals surface area contributed by atoms with Crippen molar-refractivity contribution in [3.05, 3.63) is 29.6 Å². The highest BCUT2D eigenvalue weighted by molar-refractivity contribution is 6.17. The molecule has 0 aliphatic carbocycles. The number of benzene rings is 1. The summed E-state index contributed by atoms with van der Waals surface area (Å²) < 4.78 is 13.8. The highest BCUT2D eigenvalue weighted by Crippen LogP contribution is 2.26. The summed E-state index contributed by atoms with van der Waals surface area (Å²) in [4.78, 5) is 2.25. The largest absolute Gasteiger partial charge is 0.371 e. The second-order valence-electron chi connectivity index (χ2n) is 5.56. The van der Waals surface area contributed by atoms with Gasteiger partial charge >= 0.3 is 0 Å². The van der Waals surface area contributed by atoms with Gasteiger partial charge in [0, 0.05) is 24.3 Å². The molecule has 0 spiro atoms. The van der Waals surface area contributed by atoms with Gasteiger partial charge in [0.2, 0.25) is 0 Å². The summed E-state index contributed by atoms with van der Waals surface area (Å²) >= 11 is 5.89. The molecule has 1 aromatic rings. The Balaban J connectivity index is 3.07. The number of nitrogens with zero attached hydrogens (tertiary/aromatic N) is 1. The van der Waals surface area contributed by atoms with Crippen LogP contribution in [0, 0.1) is 17.7 Å². The maximum atomic E-state index is 13.8. The third-order valence-electron chi connectivity index (χ3n) is 2.74. The van der Waals surface area contributed by atoms with Crippen LogP contribution in [0.3, 0.4) is 0 Å². The number of rotatable bonds is 6. The molecule has 0 saturated carbocycles. The van der Waals surface area contributed by atoms with Gasteiger partial charge in [-0.2, -0.15) is 0 Å². The quantitative estimate of drug-likeness (QED) is 0.679. The summed E-state index contributed by atoms with van der Waals surface area (Å²) in [6, 6.07) is 5.20. The summed E-state index contributed by atoms with van der Waals surface area (Å²) in [7, 11) is 0. The lowest BCUT2D eigenvalue weighted by atomic mass is 10.1. The SMILES string of the molecule is CC(C)CN(CC(C)C)c1cccc(F)c1CCl. The van der Waals surface area contributed by atoms with Crippen LogP contribution in [-0.4, -0.2) is 13.1 Å². The molecular weight excluding hydrogens is 249 g/mol. The lowest BCUT2D eigenvalue weighted by Gasteiger charge is -2.30. The average molecular weight is 272 g/mol. The van der Waals surface area contributed by atoms with Crippen LogP contribution in [0.1, 0.15) is 33.3 Å². The molecule has 0 aliphatic rings. The molecule has 1 rings (SSSR count). The number of hydrogen-bond acceptors (Lipinski definition) is 1. The third kappa shape index (κ3) is 4.16. The van der Waals surface area contributed by atoms with E-state index in [1.165, 1.54) is 6.07 Å². The molecule has 0 N–H and O–H groups in total. The Labute approximate surface area is 115 Å². The zero-order chi connectivity index (χ0) is 13.7. The van der Waals surface area contributed by atoms with E-state index in [9.17, 15) is 4.39 Å². The van der Waals surface area contributed by atoms with Crippen LogP contribution >= 0.6 is 11.6 Å². The van der Waals surface area contributed by atoms with Crippen molar-refractivity contribution in [3.8, 4) is 0 Å². The van der Waals surface area contributed by atoms with Gasteiger partial charge in [0.15, 0.2) is 0 Å². The first-order valence-electron chi connectivity index (χ1n) is 6.54. The Kier molecular flexibility index (Phi) is 5.94. The van der Waals surface area contributed by atoms with Crippen molar-refractivity contribution < 1.29 is 4.39 Å². The van der Waals surface area contributed by atoms with Crippen molar-refractivity contribution in [1.29, 1.82) is 0 Å². The van der Waals surface area contributed by atoms with E-state index >= 15 is 0 Å². The van der Waals surface area contributed by atoms with Gasteiger partial charge < -0.3 is 4.90 Å². The van der Waals surface area contributed by atoms with Gasteiger partial charge in [0.1, 0.15) is 5.82 Å². The van der Waals surface area contributed by atoms with Crippen LogP contribution in [0.5, 0.6) is 0 Å². The standard InChI is InChI=1S/C15H23ClFN/c1-11(2)9-18(10-12(3)4)15-7-5-6-14(17)13(15)8-16/h5-7,11-12H,8-10H2,1-4H3. The third-order valence-corrected chi connectivity index (χ3v) is 3.01. The Morgan fingerprint density at radius 3 is 2.11 bits per heavy atom. The molecule has 1 aromatic carbocycles. The van der Waals surface area contributed by atoms with E-state index in [1.807, 2.05) is 6.07 Å². The second-order valence-corrected chi connectivity index (χ2v) is 5.83. The highest BCUT2D eigenvalue weighted by atomic mass is 35.5. The van der Waals surface area contributed by atoms with Crippen molar-refractivity contribution in [2.75, 3.05) is 18.0 Å². The summed E-state index contributed by atoms with van der Waals surface area (Å²) in [5.74, 6) is 1.08. The van der Waals surface area contributed by atoms with Gasteiger partial charge in [-0.3, -0.25) is 0 Å². The van der Waals surface area contributed by atoms with Crippen molar-refractivity contribution in [2.24, 2.45) is 11.8 Å². The topological polar surface area (TPSA) is 3.24 Å². The van der Waals surface area contributed by atoms with Gasteiger partial charge in [0.05, 0.1) is 5.88 Å². The van der Waals surface area contributed by atoms with Crippen molar-refractivity contribution in [3.63, 3.8) is 0 Å². The highest BCUT2D eigenvalue weighted by Gasteiger charge is 2.16. The molecule has 0 fully saturated rings. The molecule has 18 heavy (non-hydrogen) atoms. The van der Waals surface area contributed by atoms with Crippen LogP contribution in [0.25, 0.3) is 0 Å². The zero-order valence-electron chi connectivity index (χ0n) is 11.7. The second kappa shape index (κ2) is 6.98. The van der Waals surface area contributed by atoms with Crippen LogP contribution in [0.2, 0.25) is 0 Å². The van der Waals surface area contributed by atoms with Gasteiger partial charge in [-0.25, -0.2) is 4.39 Å². The van der Waals surface area contributed by atoms with E-state index in [1.54, 1.807) is 6.07 Å². The molecule has 0 saturated heterocycles. The fraction of sp³-hybridized carbons (Fsp3) is 0.600. The maximum absolute atomic E-state index is 13.8. The number of halogens is 2. The lowest BCUT2D eigenvalue weighted by molar-refractivity contribution is 0.548. The minimum atomic E-state index is -0.208. The molecule has 3 heteroatoms. The van der Waals surface area contributed by atoms with E-state index in [2.05, 4.69) is 32.6 Å². The molecule has 0 radical (unpaired) electrons. The predicted octanol–water partition coefficient (Wildman–Crippen LogP) is 4.68. The summed E-state index contributed by atoms with van der Waals surface area (Å²) in [6.45, 7) is 10.5. The predicted molar refractivity (Wildman–Crippen MR) is 77.8 cm³/mol. The lowest BCUT2D eigenvalue weighted by Crippen LogP contribution is -2.32. The van der Waals surface area contributed by atoms with E-state index in [0.717, 1.165) is 18.8 Å². The fourth-order valence-corrected chi connectivity index (χ4v) is 2.39. The average Bonchev–Trinajstić information content (AvgIpc) is 2.26. The maximum Gasteiger partial charge on any atom is 0.129 e. The van der Waals surface area contributed by atoms with Gasteiger partial charge in [-0.15, -0.1) is 11.6 Å². The van der Waals surface area contributed by atoms with Crippen molar-refractivity contribution in [2.45, 2.75) is 33.6 Å². The number of anilines is 1. The molecule has 0 heterocycles. The Morgan fingerprint density at radius 1 is 1.11 bits per heavy atom. The first kappa shape index (κ1) is 15.3. The number of hydrogen-bond donors (Lipinski definition) is 0. The summed E-state index contributed by atoms with van der Waals surface area (Å²) in [5, 5.41) is 0. The van der Waals surface area contributed by atoms with E-state index in [0.29, 0.717) is 17.4 Å². The summed E-state index contributed by atoms with van der Waals surface area (Å²) in [5.41, 5.74) is 1.55. The smallest absolute Gasteiger partial charge is 0.129 e. The molecule has 0 amide bonds. The van der Waals surface area contributed by atoms with Crippen LogP contribution in [-0.2, 0) is 5.88 Å². The van der Waals surface area contributed by atoms with Gasteiger partial charge in [-0.05, 0) is 24.0 Å². The van der Waals surface area contributed by atoms with E-state index in [4.69, 9.17) is 11.6 Å². The van der Waals surface area contributed by atoms with Gasteiger partial charge in [-0.1, -0.05) is 33.8 Å². The molecule has 0 aliphatic heterocycles. The van der Waals surface area contributed by atoms with Gasteiger partial charge in [0.25, 0.3) is 0 Å². The monoisotopic (exact) mass is 271 g/mol. The first-order valence-corrected chi connectivity index (χ1v) is 7.07. The molecule has 0 aromatic heterocycles. The normalized spacial score (nSPS) is 11.3. The fourth-order valence-electron chi connectivity index (χ4n) is 2.13. The zero-order valence-corrected chi connectivity index (χ0v) is 12.5. The Hall–Kier alpha value is -0.760. The minimum Gasteiger partial charge on any atom is -0.371 e. The molecule has 1 nitrogen and oxygen atoms in total. The molecule has 0 unspecified atom stereocenters. The van der Waals surface area contributed by atoms with Crippen LogP contribution in [0.4, 0.5) is 10.1 Å². The van der Waals surface area contributed by atoms with Crippen LogP contribution < -0.4 is 4.90 Å². The molecule has 0 atom stereocenters. The first-order chi connectivity index (χ1) is 8.45. The van der Waals surface area contributed by atoms with E-state index in [-0.39, 0.29) is 11.7 Å². The van der Waals surface area contributed by atoms with Crippen molar-refractivity contribution >= 4 is 17.3 Å². The Morgan fingerprint density at radius 2 is 1.67 bits per heavy atom. The number of alkyl halides is 1. The van der Waals surface area contributed by atoms with Crippen molar-refractivity contribution in [1.82, 2.24) is 0 Å². The molecular formula is C15H23ClFN. The minimum absolute atomic E-state index is 0.208. The summed E-state index contributed by atoms with van der Waals surface area (Å²) in [6.07, 6.45) is 0. The molecule has 0 bridgehead atoms. The Bertz CT molecular complexity index is 367. The molecule has 102 valence electrons.